The molecular weight excluding hydrogens is 264 g/mol. The first-order valence-electron chi connectivity index (χ1n) is 6.58. The van der Waals surface area contributed by atoms with Gasteiger partial charge in [0.05, 0.1) is 13.2 Å². The maximum Gasteiger partial charge on any atom is 0.351 e. The first-order valence-corrected chi connectivity index (χ1v) is 7.46. The van der Waals surface area contributed by atoms with Crippen LogP contribution in [0.3, 0.4) is 0 Å². The third-order valence-electron chi connectivity index (χ3n) is 3.21. The van der Waals surface area contributed by atoms with Crippen LogP contribution in [0, 0.1) is 12.8 Å². The molecular formula is C14H20O4S. The molecule has 19 heavy (non-hydrogen) atoms. The van der Waals surface area contributed by atoms with Crippen molar-refractivity contribution in [1.29, 1.82) is 0 Å². The van der Waals surface area contributed by atoms with Gasteiger partial charge in [0.1, 0.15) is 12.4 Å². The average Bonchev–Trinajstić information content (AvgIpc) is 3.18. The van der Waals surface area contributed by atoms with Crippen LogP contribution in [0.25, 0.3) is 0 Å². The summed E-state index contributed by atoms with van der Waals surface area (Å²) in [6, 6.07) is 0. The fourth-order valence-corrected chi connectivity index (χ4v) is 2.92. The lowest BCUT2D eigenvalue weighted by atomic mass is 10.2. The summed E-state index contributed by atoms with van der Waals surface area (Å²) < 4.78 is 16.3. The molecule has 0 aliphatic heterocycles. The van der Waals surface area contributed by atoms with Crippen molar-refractivity contribution < 1.29 is 19.0 Å². The highest BCUT2D eigenvalue weighted by atomic mass is 32.1. The van der Waals surface area contributed by atoms with Gasteiger partial charge in [-0.1, -0.05) is 0 Å². The van der Waals surface area contributed by atoms with Crippen molar-refractivity contribution in [3.63, 3.8) is 0 Å². The standard InChI is InChI=1S/C14H20O4S/c1-4-17-11(10-5-6-10)7-18-12-9(2)8-19-13(12)14(15)16-3/h8,10-11H,4-7H2,1-3H3. The predicted molar refractivity (Wildman–Crippen MR) is 74.0 cm³/mol. The van der Waals surface area contributed by atoms with E-state index in [1.807, 2.05) is 19.2 Å². The van der Waals surface area contributed by atoms with E-state index < -0.39 is 0 Å². The van der Waals surface area contributed by atoms with E-state index in [0.29, 0.717) is 29.8 Å². The highest BCUT2D eigenvalue weighted by Crippen LogP contribution is 2.36. The summed E-state index contributed by atoms with van der Waals surface area (Å²) in [5, 5.41) is 1.91. The minimum atomic E-state index is -0.340. The highest BCUT2D eigenvalue weighted by molar-refractivity contribution is 7.12. The number of rotatable bonds is 7. The third-order valence-corrected chi connectivity index (χ3v) is 4.27. The number of hydrogen-bond donors (Lipinski definition) is 0. The molecule has 1 aliphatic rings. The molecule has 4 nitrogen and oxygen atoms in total. The van der Waals surface area contributed by atoms with Gasteiger partial charge in [-0.05, 0) is 38.0 Å². The third kappa shape index (κ3) is 3.48. The van der Waals surface area contributed by atoms with Crippen molar-refractivity contribution in [2.45, 2.75) is 32.8 Å². The van der Waals surface area contributed by atoms with Gasteiger partial charge in [-0.2, -0.15) is 0 Å². The minimum absolute atomic E-state index is 0.134. The zero-order chi connectivity index (χ0) is 13.8. The number of carbonyl (C=O) groups is 1. The SMILES string of the molecule is CCOC(COc1c(C)csc1C(=O)OC)C1CC1. The van der Waals surface area contributed by atoms with Gasteiger partial charge in [0.2, 0.25) is 0 Å². The second-order valence-electron chi connectivity index (χ2n) is 4.71. The number of aryl methyl sites for hydroxylation is 1. The van der Waals surface area contributed by atoms with Crippen molar-refractivity contribution in [1.82, 2.24) is 0 Å². The van der Waals surface area contributed by atoms with E-state index >= 15 is 0 Å². The van der Waals surface area contributed by atoms with Gasteiger partial charge >= 0.3 is 5.97 Å². The lowest BCUT2D eigenvalue weighted by Gasteiger charge is -2.17. The molecule has 0 radical (unpaired) electrons. The summed E-state index contributed by atoms with van der Waals surface area (Å²) in [5.41, 5.74) is 0.969. The largest absolute Gasteiger partial charge is 0.489 e. The Hall–Kier alpha value is -1.07. The monoisotopic (exact) mass is 284 g/mol. The van der Waals surface area contributed by atoms with E-state index in [0.717, 1.165) is 5.56 Å². The van der Waals surface area contributed by atoms with Crippen molar-refractivity contribution in [3.8, 4) is 5.75 Å². The molecule has 1 saturated carbocycles. The Kier molecular flexibility index (Phi) is 4.82. The first kappa shape index (κ1) is 14.3. The highest BCUT2D eigenvalue weighted by Gasteiger charge is 2.32. The Morgan fingerprint density at radius 3 is 2.84 bits per heavy atom. The summed E-state index contributed by atoms with van der Waals surface area (Å²) >= 11 is 1.36. The van der Waals surface area contributed by atoms with Crippen LogP contribution in [0.15, 0.2) is 5.38 Å². The lowest BCUT2D eigenvalue weighted by molar-refractivity contribution is 0.0131. The normalized spacial score (nSPS) is 16.2. The fraction of sp³-hybridized carbons (Fsp3) is 0.643. The zero-order valence-electron chi connectivity index (χ0n) is 11.6. The molecule has 0 amide bonds. The van der Waals surface area contributed by atoms with Crippen LogP contribution in [0.1, 0.15) is 35.0 Å². The Morgan fingerprint density at radius 1 is 1.53 bits per heavy atom. The molecule has 0 aromatic carbocycles. The molecule has 0 spiro atoms. The first-order chi connectivity index (χ1) is 9.17. The summed E-state index contributed by atoms with van der Waals surface area (Å²) in [7, 11) is 1.38. The van der Waals surface area contributed by atoms with E-state index in [4.69, 9.17) is 14.2 Å². The average molecular weight is 284 g/mol. The molecule has 106 valence electrons. The molecule has 0 bridgehead atoms. The molecule has 1 aromatic rings. The molecule has 5 heteroatoms. The van der Waals surface area contributed by atoms with Gasteiger partial charge in [0, 0.05) is 12.2 Å². The Bertz CT molecular complexity index is 437. The summed E-state index contributed by atoms with van der Waals surface area (Å²) in [6.45, 7) is 5.12. The van der Waals surface area contributed by atoms with E-state index in [-0.39, 0.29) is 12.1 Å². The van der Waals surface area contributed by atoms with Crippen LogP contribution in [-0.4, -0.2) is 32.4 Å². The smallest absolute Gasteiger partial charge is 0.351 e. The summed E-state index contributed by atoms with van der Waals surface area (Å²) in [4.78, 5) is 12.2. The quantitative estimate of drug-likeness (QED) is 0.722. The van der Waals surface area contributed by atoms with Gasteiger partial charge in [-0.25, -0.2) is 4.79 Å². The van der Waals surface area contributed by atoms with Gasteiger partial charge in [-0.15, -0.1) is 11.3 Å². The van der Waals surface area contributed by atoms with E-state index in [1.165, 1.54) is 31.3 Å². The van der Waals surface area contributed by atoms with Gasteiger partial charge in [0.15, 0.2) is 4.88 Å². The number of carbonyl (C=O) groups excluding carboxylic acids is 1. The second-order valence-corrected chi connectivity index (χ2v) is 5.59. The molecule has 1 aliphatic carbocycles. The molecule has 0 N–H and O–H groups in total. The topological polar surface area (TPSA) is 44.8 Å². The molecule has 1 unspecified atom stereocenters. The number of thiophene rings is 1. The second kappa shape index (κ2) is 6.39. The molecule has 2 rings (SSSR count). The molecule has 0 saturated heterocycles. The van der Waals surface area contributed by atoms with Crippen LogP contribution in [-0.2, 0) is 9.47 Å². The predicted octanol–water partition coefficient (Wildman–Crippen LogP) is 3.04. The van der Waals surface area contributed by atoms with Crippen LogP contribution in [0.5, 0.6) is 5.75 Å². The molecule has 1 atom stereocenters. The molecule has 1 heterocycles. The van der Waals surface area contributed by atoms with Crippen LogP contribution in [0.2, 0.25) is 0 Å². The van der Waals surface area contributed by atoms with Crippen LogP contribution in [0.4, 0.5) is 0 Å². The number of esters is 1. The molecule has 1 fully saturated rings. The minimum Gasteiger partial charge on any atom is -0.489 e. The zero-order valence-corrected chi connectivity index (χ0v) is 12.4. The van der Waals surface area contributed by atoms with E-state index in [2.05, 4.69) is 0 Å². The maximum absolute atomic E-state index is 11.6. The van der Waals surface area contributed by atoms with E-state index in [1.54, 1.807) is 0 Å². The lowest BCUT2D eigenvalue weighted by Crippen LogP contribution is -2.24. The number of ether oxygens (including phenoxy) is 3. The van der Waals surface area contributed by atoms with Crippen molar-refractivity contribution in [2.24, 2.45) is 5.92 Å². The van der Waals surface area contributed by atoms with Crippen molar-refractivity contribution >= 4 is 17.3 Å². The maximum atomic E-state index is 11.6. The molecule has 1 aromatic heterocycles. The Labute approximate surface area is 117 Å². The Balaban J connectivity index is 2.01. The fourth-order valence-electron chi connectivity index (χ4n) is 2.01. The van der Waals surface area contributed by atoms with Crippen molar-refractivity contribution in [3.05, 3.63) is 15.8 Å². The van der Waals surface area contributed by atoms with Crippen LogP contribution < -0.4 is 4.74 Å². The number of methoxy groups -OCH3 is 1. The van der Waals surface area contributed by atoms with Gasteiger partial charge in [0.25, 0.3) is 0 Å². The van der Waals surface area contributed by atoms with Crippen LogP contribution >= 0.6 is 11.3 Å². The Morgan fingerprint density at radius 2 is 2.26 bits per heavy atom. The number of hydrogen-bond acceptors (Lipinski definition) is 5. The summed E-state index contributed by atoms with van der Waals surface area (Å²) in [6.07, 6.45) is 2.55. The summed E-state index contributed by atoms with van der Waals surface area (Å²) in [5.74, 6) is 0.912. The van der Waals surface area contributed by atoms with Gasteiger partial charge in [-0.3, -0.25) is 0 Å². The van der Waals surface area contributed by atoms with Gasteiger partial charge < -0.3 is 14.2 Å². The van der Waals surface area contributed by atoms with Crippen molar-refractivity contribution in [2.75, 3.05) is 20.3 Å². The van der Waals surface area contributed by atoms with E-state index in [9.17, 15) is 4.79 Å².